The fourth-order valence-electron chi connectivity index (χ4n) is 4.42. The number of halogens is 1. The van der Waals surface area contributed by atoms with Crippen molar-refractivity contribution in [1.29, 1.82) is 0 Å². The lowest BCUT2D eigenvalue weighted by Crippen LogP contribution is -2.31. The lowest BCUT2D eigenvalue weighted by atomic mass is 9.94. The van der Waals surface area contributed by atoms with Crippen molar-refractivity contribution in [3.05, 3.63) is 106 Å². The third-order valence-electron chi connectivity index (χ3n) is 6.22. The topological polar surface area (TPSA) is 80.0 Å². The number of hydrogen-bond acceptors (Lipinski definition) is 5. The molecule has 6 nitrogen and oxygen atoms in total. The number of aliphatic hydroxyl groups excluding tert-OH is 1. The second-order valence-electron chi connectivity index (χ2n) is 9.57. The van der Waals surface area contributed by atoms with Gasteiger partial charge in [0.1, 0.15) is 11.3 Å². The van der Waals surface area contributed by atoms with Gasteiger partial charge in [-0.1, -0.05) is 55.3 Å². The van der Waals surface area contributed by atoms with E-state index in [1.807, 2.05) is 37.3 Å². The Morgan fingerprint density at radius 3 is 2.57 bits per heavy atom. The fraction of sp³-hybridized carbons (Fsp3) is 0.200. The molecule has 1 aliphatic rings. The van der Waals surface area contributed by atoms with Crippen molar-refractivity contribution in [3.63, 3.8) is 0 Å². The van der Waals surface area contributed by atoms with E-state index in [0.29, 0.717) is 45.5 Å². The molecule has 1 aromatic heterocycles. The average Bonchev–Trinajstić information content (AvgIpc) is 3.41. The van der Waals surface area contributed by atoms with Crippen LogP contribution in [0.1, 0.15) is 41.6 Å². The van der Waals surface area contributed by atoms with Crippen LogP contribution in [0.3, 0.4) is 0 Å². The number of carbonyl (C=O) groups is 2. The van der Waals surface area contributed by atoms with E-state index < -0.39 is 23.5 Å². The minimum absolute atomic E-state index is 0.00888. The van der Waals surface area contributed by atoms with Crippen LogP contribution >= 0.6 is 11.6 Å². The molecule has 1 atom stereocenters. The summed E-state index contributed by atoms with van der Waals surface area (Å²) in [4.78, 5) is 28.7. The molecular formula is C30H26ClNO5. The zero-order valence-corrected chi connectivity index (χ0v) is 21.5. The van der Waals surface area contributed by atoms with Gasteiger partial charge in [-0.25, -0.2) is 0 Å². The molecule has 188 valence electrons. The van der Waals surface area contributed by atoms with Gasteiger partial charge in [0.25, 0.3) is 5.91 Å². The van der Waals surface area contributed by atoms with E-state index in [0.717, 1.165) is 5.56 Å². The van der Waals surface area contributed by atoms with Gasteiger partial charge >= 0.3 is 0 Å². The predicted molar refractivity (Wildman–Crippen MR) is 143 cm³/mol. The highest BCUT2D eigenvalue weighted by atomic mass is 35.5. The Morgan fingerprint density at radius 1 is 1.08 bits per heavy atom. The van der Waals surface area contributed by atoms with E-state index in [4.69, 9.17) is 20.8 Å². The quantitative estimate of drug-likeness (QED) is 0.263. The number of furan rings is 1. The number of benzene rings is 3. The molecule has 0 saturated carbocycles. The summed E-state index contributed by atoms with van der Waals surface area (Å²) in [5.74, 6) is -0.907. The van der Waals surface area contributed by atoms with E-state index in [1.54, 1.807) is 42.5 Å². The molecule has 7 heteroatoms. The number of Topliss-reactive ketones (excluding diaryl/α,β-unsaturated/α-hetero) is 1. The van der Waals surface area contributed by atoms with Crippen LogP contribution in [-0.2, 0) is 4.79 Å². The second kappa shape index (κ2) is 9.79. The van der Waals surface area contributed by atoms with Crippen molar-refractivity contribution < 1.29 is 23.8 Å². The van der Waals surface area contributed by atoms with Gasteiger partial charge < -0.3 is 14.3 Å². The summed E-state index contributed by atoms with van der Waals surface area (Å²) in [6, 6.07) is 20.3. The molecule has 0 radical (unpaired) electrons. The number of aliphatic hydroxyl groups is 1. The number of fused-ring (bicyclic) bond motifs is 1. The summed E-state index contributed by atoms with van der Waals surface area (Å²) in [5, 5.41) is 12.2. The molecule has 0 spiro atoms. The maximum atomic E-state index is 13.8. The van der Waals surface area contributed by atoms with Crippen molar-refractivity contribution in [3.8, 4) is 5.75 Å². The average molecular weight is 516 g/mol. The molecule has 1 aliphatic heterocycles. The van der Waals surface area contributed by atoms with E-state index in [-0.39, 0.29) is 11.3 Å². The van der Waals surface area contributed by atoms with E-state index in [2.05, 4.69) is 13.8 Å². The van der Waals surface area contributed by atoms with Crippen molar-refractivity contribution >= 4 is 39.9 Å². The van der Waals surface area contributed by atoms with Gasteiger partial charge in [-0.3, -0.25) is 14.5 Å². The zero-order valence-electron chi connectivity index (χ0n) is 20.7. The first-order chi connectivity index (χ1) is 17.7. The predicted octanol–water partition coefficient (Wildman–Crippen LogP) is 7.21. The van der Waals surface area contributed by atoms with Gasteiger partial charge in [0, 0.05) is 16.1 Å². The fourth-order valence-corrected chi connectivity index (χ4v) is 4.60. The molecule has 5 rings (SSSR count). The van der Waals surface area contributed by atoms with Gasteiger partial charge in [-0.2, -0.15) is 0 Å². The largest absolute Gasteiger partial charge is 0.503 e. The number of aryl methyl sites for hydroxylation is 1. The molecule has 0 aliphatic carbocycles. The molecule has 1 unspecified atom stereocenters. The summed E-state index contributed by atoms with van der Waals surface area (Å²) >= 11 is 6.10. The summed E-state index contributed by atoms with van der Waals surface area (Å²) in [6.45, 7) is 6.57. The molecule has 4 aromatic rings. The molecule has 0 fully saturated rings. The normalized spacial score (nSPS) is 15.8. The summed E-state index contributed by atoms with van der Waals surface area (Å²) in [5.41, 5.74) is 2.62. The third kappa shape index (κ3) is 4.72. The Balaban J connectivity index is 1.62. The molecule has 37 heavy (non-hydrogen) atoms. The lowest BCUT2D eigenvalue weighted by molar-refractivity contribution is -0.117. The van der Waals surface area contributed by atoms with Crippen molar-refractivity contribution in [2.24, 2.45) is 5.92 Å². The number of rotatable bonds is 7. The molecule has 2 heterocycles. The number of ether oxygens (including phenoxy) is 1. The molecule has 3 aromatic carbocycles. The Bertz CT molecular complexity index is 1530. The van der Waals surface area contributed by atoms with Gasteiger partial charge in [0.15, 0.2) is 11.5 Å². The maximum Gasteiger partial charge on any atom is 0.294 e. The number of ketones is 1. The lowest BCUT2D eigenvalue weighted by Gasteiger charge is -2.27. The highest BCUT2D eigenvalue weighted by Gasteiger charge is 2.45. The van der Waals surface area contributed by atoms with Crippen molar-refractivity contribution in [1.82, 2.24) is 0 Å². The van der Waals surface area contributed by atoms with Gasteiger partial charge in [0.2, 0.25) is 5.78 Å². The van der Waals surface area contributed by atoms with Crippen molar-refractivity contribution in [2.75, 3.05) is 11.5 Å². The Kier molecular flexibility index (Phi) is 6.52. The first-order valence-corrected chi connectivity index (χ1v) is 12.4. The highest BCUT2D eigenvalue weighted by Crippen LogP contribution is 2.43. The van der Waals surface area contributed by atoms with E-state index >= 15 is 0 Å². The summed E-state index contributed by atoms with van der Waals surface area (Å²) < 4.78 is 11.7. The Morgan fingerprint density at radius 2 is 1.84 bits per heavy atom. The minimum atomic E-state index is -0.887. The number of nitrogens with zero attached hydrogens (tertiary/aromatic N) is 1. The van der Waals surface area contributed by atoms with Crippen LogP contribution in [0.2, 0.25) is 5.02 Å². The van der Waals surface area contributed by atoms with Crippen LogP contribution in [0.15, 0.2) is 88.5 Å². The van der Waals surface area contributed by atoms with Crippen LogP contribution < -0.4 is 9.64 Å². The van der Waals surface area contributed by atoms with Gasteiger partial charge in [-0.05, 0) is 66.9 Å². The highest BCUT2D eigenvalue weighted by molar-refractivity contribution is 6.31. The number of carbonyl (C=O) groups excluding carboxylic acids is 2. The van der Waals surface area contributed by atoms with Crippen LogP contribution in [0, 0.1) is 12.8 Å². The third-order valence-corrected chi connectivity index (χ3v) is 6.46. The summed E-state index contributed by atoms with van der Waals surface area (Å²) in [7, 11) is 0. The van der Waals surface area contributed by atoms with Crippen molar-refractivity contribution in [2.45, 2.75) is 26.8 Å². The molecular weight excluding hydrogens is 490 g/mol. The SMILES string of the molecule is Cc1ccc(N2C(=O)C(O)=C(C(=O)c3cc4cc(Cl)ccc4o3)C2c2cccc(OCC(C)C)c2)cc1. The maximum absolute atomic E-state index is 13.8. The first kappa shape index (κ1) is 24.7. The Hall–Kier alpha value is -4.03. The zero-order chi connectivity index (χ0) is 26.3. The Labute approximate surface area is 219 Å². The number of hydrogen-bond donors (Lipinski definition) is 1. The van der Waals surface area contributed by atoms with Gasteiger partial charge in [-0.15, -0.1) is 0 Å². The van der Waals surface area contributed by atoms with E-state index in [1.165, 1.54) is 4.90 Å². The number of amides is 1. The standard InChI is InChI=1S/C30H26ClNO5/c1-17(2)16-36-23-6-4-5-19(14-23)27-26(28(33)25-15-20-13-21(31)9-12-24(20)37-25)29(34)30(35)32(27)22-10-7-18(3)8-11-22/h4-15,17,27,34H,16H2,1-3H3. The smallest absolute Gasteiger partial charge is 0.294 e. The molecule has 0 bridgehead atoms. The molecule has 1 N–H and O–H groups in total. The van der Waals surface area contributed by atoms with Gasteiger partial charge in [0.05, 0.1) is 18.2 Å². The van der Waals surface area contributed by atoms with E-state index in [9.17, 15) is 14.7 Å². The molecule has 1 amide bonds. The van der Waals surface area contributed by atoms with Crippen LogP contribution in [0.25, 0.3) is 11.0 Å². The van der Waals surface area contributed by atoms with Crippen LogP contribution in [-0.4, -0.2) is 23.4 Å². The van der Waals surface area contributed by atoms with Crippen LogP contribution in [0.5, 0.6) is 5.75 Å². The molecule has 0 saturated heterocycles. The number of anilines is 1. The first-order valence-electron chi connectivity index (χ1n) is 12.0. The summed E-state index contributed by atoms with van der Waals surface area (Å²) in [6.07, 6.45) is 0. The monoisotopic (exact) mass is 515 g/mol. The minimum Gasteiger partial charge on any atom is -0.503 e. The van der Waals surface area contributed by atoms with Crippen LogP contribution in [0.4, 0.5) is 5.69 Å². The second-order valence-corrected chi connectivity index (χ2v) is 10.0.